The number of pyridine rings is 1. The number of hydrogen-bond donors (Lipinski definition) is 2. The second-order valence-corrected chi connectivity index (χ2v) is 4.81. The number of rotatable bonds is 3. The molecule has 0 aliphatic heterocycles. The minimum Gasteiger partial charge on any atom is -0.328 e. The van der Waals surface area contributed by atoms with Gasteiger partial charge >= 0.3 is 0 Å². The summed E-state index contributed by atoms with van der Waals surface area (Å²) in [6, 6.07) is 3.08. The third kappa shape index (κ3) is 3.03. The smallest absolute Gasteiger partial charge is 0.0300 e. The van der Waals surface area contributed by atoms with E-state index in [1.165, 1.54) is 30.4 Å². The highest BCUT2D eigenvalue weighted by Gasteiger charge is 2.18. The first-order chi connectivity index (χ1) is 7.75. The SMILES string of the molecule is Cc1cnccc1CNC1CCCC(N)C1. The van der Waals surface area contributed by atoms with Crippen LogP contribution in [0.5, 0.6) is 0 Å². The van der Waals surface area contributed by atoms with E-state index in [2.05, 4.69) is 23.3 Å². The van der Waals surface area contributed by atoms with E-state index in [1.807, 2.05) is 12.4 Å². The molecule has 1 aromatic rings. The Morgan fingerprint density at radius 1 is 1.50 bits per heavy atom. The number of aromatic nitrogens is 1. The van der Waals surface area contributed by atoms with E-state index < -0.39 is 0 Å². The fourth-order valence-electron chi connectivity index (χ4n) is 2.37. The monoisotopic (exact) mass is 219 g/mol. The summed E-state index contributed by atoms with van der Waals surface area (Å²) >= 11 is 0. The van der Waals surface area contributed by atoms with E-state index in [1.54, 1.807) is 0 Å². The van der Waals surface area contributed by atoms with Crippen molar-refractivity contribution in [2.45, 2.75) is 51.2 Å². The molecule has 1 heterocycles. The number of nitrogens with zero attached hydrogens (tertiary/aromatic N) is 1. The zero-order valence-corrected chi connectivity index (χ0v) is 9.95. The van der Waals surface area contributed by atoms with Crippen LogP contribution in [0, 0.1) is 6.92 Å². The van der Waals surface area contributed by atoms with Crippen molar-refractivity contribution in [1.29, 1.82) is 0 Å². The summed E-state index contributed by atoms with van der Waals surface area (Å²) in [5.41, 5.74) is 8.58. The Morgan fingerprint density at radius 3 is 3.12 bits per heavy atom. The number of nitrogens with two attached hydrogens (primary N) is 1. The first kappa shape index (κ1) is 11.6. The molecular formula is C13H21N3. The molecule has 3 heteroatoms. The van der Waals surface area contributed by atoms with Gasteiger partial charge in [-0.3, -0.25) is 4.98 Å². The summed E-state index contributed by atoms with van der Waals surface area (Å²) in [6.07, 6.45) is 8.60. The van der Waals surface area contributed by atoms with E-state index in [-0.39, 0.29) is 0 Å². The molecule has 0 spiro atoms. The summed E-state index contributed by atoms with van der Waals surface area (Å²) in [4.78, 5) is 4.10. The van der Waals surface area contributed by atoms with Crippen molar-refractivity contribution in [2.24, 2.45) is 5.73 Å². The molecular weight excluding hydrogens is 198 g/mol. The molecule has 3 N–H and O–H groups in total. The molecule has 2 atom stereocenters. The molecule has 0 radical (unpaired) electrons. The van der Waals surface area contributed by atoms with Gasteiger partial charge in [-0.25, -0.2) is 0 Å². The van der Waals surface area contributed by atoms with Gasteiger partial charge in [0.1, 0.15) is 0 Å². The van der Waals surface area contributed by atoms with Gasteiger partial charge in [-0.2, -0.15) is 0 Å². The molecule has 2 unspecified atom stereocenters. The number of aryl methyl sites for hydroxylation is 1. The van der Waals surface area contributed by atoms with Gasteiger partial charge in [-0.15, -0.1) is 0 Å². The average molecular weight is 219 g/mol. The fraction of sp³-hybridized carbons (Fsp3) is 0.615. The number of nitrogens with one attached hydrogen (secondary N) is 1. The predicted molar refractivity (Wildman–Crippen MR) is 66.0 cm³/mol. The Balaban J connectivity index is 1.85. The molecule has 1 aliphatic rings. The van der Waals surface area contributed by atoms with Crippen LogP contribution in [0.4, 0.5) is 0 Å². The highest BCUT2D eigenvalue weighted by molar-refractivity contribution is 5.21. The van der Waals surface area contributed by atoms with Crippen LogP contribution in [0.1, 0.15) is 36.8 Å². The Kier molecular flexibility index (Phi) is 3.91. The normalized spacial score (nSPS) is 25.6. The van der Waals surface area contributed by atoms with Crippen molar-refractivity contribution in [3.8, 4) is 0 Å². The van der Waals surface area contributed by atoms with Crippen LogP contribution in [-0.2, 0) is 6.54 Å². The maximum Gasteiger partial charge on any atom is 0.0300 e. The van der Waals surface area contributed by atoms with Crippen LogP contribution >= 0.6 is 0 Å². The van der Waals surface area contributed by atoms with Crippen molar-refractivity contribution >= 4 is 0 Å². The van der Waals surface area contributed by atoms with Gasteiger partial charge in [-0.05, 0) is 43.4 Å². The highest BCUT2D eigenvalue weighted by atomic mass is 14.9. The van der Waals surface area contributed by atoms with Gasteiger partial charge in [0, 0.05) is 31.0 Å². The van der Waals surface area contributed by atoms with Crippen molar-refractivity contribution in [1.82, 2.24) is 10.3 Å². The van der Waals surface area contributed by atoms with Crippen LogP contribution in [0.3, 0.4) is 0 Å². The van der Waals surface area contributed by atoms with E-state index in [9.17, 15) is 0 Å². The van der Waals surface area contributed by atoms with Crippen LogP contribution < -0.4 is 11.1 Å². The Bertz CT molecular complexity index is 338. The maximum atomic E-state index is 5.97. The van der Waals surface area contributed by atoms with Gasteiger partial charge in [0.05, 0.1) is 0 Å². The second kappa shape index (κ2) is 5.41. The van der Waals surface area contributed by atoms with Crippen LogP contribution in [0.2, 0.25) is 0 Å². The quantitative estimate of drug-likeness (QED) is 0.814. The van der Waals surface area contributed by atoms with E-state index in [0.717, 1.165) is 13.0 Å². The topological polar surface area (TPSA) is 50.9 Å². The third-order valence-corrected chi connectivity index (χ3v) is 3.43. The highest BCUT2D eigenvalue weighted by Crippen LogP contribution is 2.17. The lowest BCUT2D eigenvalue weighted by atomic mass is 9.91. The first-order valence-corrected chi connectivity index (χ1v) is 6.14. The molecule has 88 valence electrons. The predicted octanol–water partition coefficient (Wildman–Crippen LogP) is 1.75. The Hall–Kier alpha value is -0.930. The lowest BCUT2D eigenvalue weighted by Gasteiger charge is -2.27. The first-order valence-electron chi connectivity index (χ1n) is 6.14. The molecule has 3 nitrogen and oxygen atoms in total. The maximum absolute atomic E-state index is 5.97. The van der Waals surface area contributed by atoms with Gasteiger partial charge in [0.25, 0.3) is 0 Å². The van der Waals surface area contributed by atoms with Gasteiger partial charge in [0.2, 0.25) is 0 Å². The molecule has 0 bridgehead atoms. The largest absolute Gasteiger partial charge is 0.328 e. The summed E-state index contributed by atoms with van der Waals surface area (Å²) in [5, 5.41) is 3.60. The second-order valence-electron chi connectivity index (χ2n) is 4.81. The molecule has 16 heavy (non-hydrogen) atoms. The summed E-state index contributed by atoms with van der Waals surface area (Å²) in [5.74, 6) is 0. The van der Waals surface area contributed by atoms with E-state index in [4.69, 9.17) is 5.73 Å². The molecule has 0 saturated heterocycles. The standard InChI is InChI=1S/C13H21N3/c1-10-8-15-6-5-11(10)9-16-13-4-2-3-12(14)7-13/h5-6,8,12-13,16H,2-4,7,9,14H2,1H3. The molecule has 0 amide bonds. The molecule has 0 aromatic carbocycles. The minimum atomic E-state index is 0.393. The average Bonchev–Trinajstić information content (AvgIpc) is 2.28. The summed E-state index contributed by atoms with van der Waals surface area (Å²) in [6.45, 7) is 3.04. The lowest BCUT2D eigenvalue weighted by Crippen LogP contribution is -2.39. The fourth-order valence-corrected chi connectivity index (χ4v) is 2.37. The summed E-state index contributed by atoms with van der Waals surface area (Å²) in [7, 11) is 0. The minimum absolute atomic E-state index is 0.393. The summed E-state index contributed by atoms with van der Waals surface area (Å²) < 4.78 is 0. The third-order valence-electron chi connectivity index (χ3n) is 3.43. The zero-order chi connectivity index (χ0) is 11.4. The van der Waals surface area contributed by atoms with Crippen LogP contribution in [0.25, 0.3) is 0 Å². The van der Waals surface area contributed by atoms with Gasteiger partial charge in [-0.1, -0.05) is 6.42 Å². The Labute approximate surface area is 97.5 Å². The molecule has 2 rings (SSSR count). The van der Waals surface area contributed by atoms with E-state index >= 15 is 0 Å². The number of hydrogen-bond acceptors (Lipinski definition) is 3. The molecule has 1 aliphatic carbocycles. The van der Waals surface area contributed by atoms with Gasteiger partial charge in [0.15, 0.2) is 0 Å². The zero-order valence-electron chi connectivity index (χ0n) is 9.95. The van der Waals surface area contributed by atoms with Crippen LogP contribution in [0.15, 0.2) is 18.5 Å². The van der Waals surface area contributed by atoms with Crippen molar-refractivity contribution in [3.05, 3.63) is 29.6 Å². The molecule has 1 saturated carbocycles. The Morgan fingerprint density at radius 2 is 2.38 bits per heavy atom. The molecule has 1 aromatic heterocycles. The lowest BCUT2D eigenvalue weighted by molar-refractivity contribution is 0.338. The van der Waals surface area contributed by atoms with Crippen molar-refractivity contribution in [3.63, 3.8) is 0 Å². The van der Waals surface area contributed by atoms with Gasteiger partial charge < -0.3 is 11.1 Å². The van der Waals surface area contributed by atoms with Crippen molar-refractivity contribution in [2.75, 3.05) is 0 Å². The van der Waals surface area contributed by atoms with E-state index in [0.29, 0.717) is 12.1 Å². The van der Waals surface area contributed by atoms with Crippen molar-refractivity contribution < 1.29 is 0 Å². The van der Waals surface area contributed by atoms with Crippen LogP contribution in [-0.4, -0.2) is 17.1 Å². The molecule has 1 fully saturated rings.